The van der Waals surface area contributed by atoms with Crippen LogP contribution in [-0.2, 0) is 10.9 Å². The number of nitrogens with one attached hydrogen (secondary N) is 1. The molecule has 1 amide bonds. The summed E-state index contributed by atoms with van der Waals surface area (Å²) in [6.45, 7) is 4.33. The van der Waals surface area contributed by atoms with E-state index >= 15 is 0 Å². The van der Waals surface area contributed by atoms with Crippen LogP contribution in [0.5, 0.6) is 5.75 Å². The third-order valence-corrected chi connectivity index (χ3v) is 2.52. The van der Waals surface area contributed by atoms with E-state index in [2.05, 4.69) is 5.32 Å². The van der Waals surface area contributed by atoms with E-state index in [0.29, 0.717) is 0 Å². The summed E-state index contributed by atoms with van der Waals surface area (Å²) in [5, 5.41) is 2.21. The highest BCUT2D eigenvalue weighted by Gasteiger charge is 2.30. The molecule has 0 aromatic heterocycles. The lowest BCUT2D eigenvalue weighted by Crippen LogP contribution is -2.33. The number of carbonyl (C=O) groups excluding carboxylic acids is 1. The number of amides is 1. The Morgan fingerprint density at radius 3 is 2.50 bits per heavy atom. The van der Waals surface area contributed by atoms with Crippen molar-refractivity contribution in [1.29, 1.82) is 0 Å². The summed E-state index contributed by atoms with van der Waals surface area (Å²) in [4.78, 5) is 11.3. The van der Waals surface area contributed by atoms with E-state index in [4.69, 9.17) is 9.47 Å². The van der Waals surface area contributed by atoms with Crippen molar-refractivity contribution in [3.05, 3.63) is 41.7 Å². The van der Waals surface area contributed by atoms with Crippen molar-refractivity contribution < 1.29 is 31.8 Å². The molecule has 0 aliphatic rings. The first-order chi connectivity index (χ1) is 11.0. The molecule has 0 unspecified atom stereocenters. The number of ether oxygens (including phenoxy) is 2. The third-order valence-electron chi connectivity index (χ3n) is 2.52. The summed E-state index contributed by atoms with van der Waals surface area (Å²) in [6.07, 6.45) is -4.24. The highest BCUT2D eigenvalue weighted by molar-refractivity contribution is 5.67. The Labute approximate surface area is 137 Å². The molecule has 1 N–H and O–H groups in total. The number of hydrogen-bond acceptors (Lipinski definition) is 3. The van der Waals surface area contributed by atoms with Crippen molar-refractivity contribution in [1.82, 2.24) is 5.32 Å². The van der Waals surface area contributed by atoms with Gasteiger partial charge in [0, 0.05) is 0 Å². The van der Waals surface area contributed by atoms with Crippen LogP contribution in [0.15, 0.2) is 36.2 Å². The zero-order valence-corrected chi connectivity index (χ0v) is 13.5. The highest BCUT2D eigenvalue weighted by atomic mass is 19.4. The van der Waals surface area contributed by atoms with Crippen molar-refractivity contribution >= 4 is 6.09 Å². The molecule has 0 aliphatic heterocycles. The minimum atomic E-state index is -4.47. The van der Waals surface area contributed by atoms with Gasteiger partial charge in [-0.2, -0.15) is 13.2 Å². The Bertz CT molecular complexity index is 592. The maximum absolute atomic E-state index is 13.5. The van der Waals surface area contributed by atoms with E-state index in [0.717, 1.165) is 18.2 Å². The number of halogens is 4. The number of carbonyl (C=O) groups is 1. The smallest absolute Gasteiger partial charge is 0.416 e. The fraction of sp³-hybridized carbons (Fsp3) is 0.438. The molecule has 0 heterocycles. The molecular formula is C16H19F4NO3. The summed E-state index contributed by atoms with van der Waals surface area (Å²) in [7, 11) is 0. The topological polar surface area (TPSA) is 47.6 Å². The molecule has 0 fully saturated rings. The first kappa shape index (κ1) is 19.8. The molecule has 0 atom stereocenters. The molecule has 134 valence electrons. The van der Waals surface area contributed by atoms with Gasteiger partial charge >= 0.3 is 12.3 Å². The van der Waals surface area contributed by atoms with E-state index < -0.39 is 35.8 Å². The quantitative estimate of drug-likeness (QED) is 0.798. The second kappa shape index (κ2) is 8.03. The summed E-state index contributed by atoms with van der Waals surface area (Å²) >= 11 is 0. The minimum Gasteiger partial charge on any atom is -0.489 e. The summed E-state index contributed by atoms with van der Waals surface area (Å²) in [5.41, 5.74) is -1.55. The van der Waals surface area contributed by atoms with Crippen LogP contribution in [0.4, 0.5) is 22.4 Å². The Hall–Kier alpha value is -2.25. The maximum atomic E-state index is 13.5. The van der Waals surface area contributed by atoms with Crippen molar-refractivity contribution in [2.45, 2.75) is 32.5 Å². The van der Waals surface area contributed by atoms with Crippen molar-refractivity contribution in [3.8, 4) is 5.75 Å². The molecule has 0 saturated carbocycles. The predicted octanol–water partition coefficient (Wildman–Crippen LogP) is 4.46. The Balaban J connectivity index is 2.45. The normalized spacial score (nSPS) is 12.7. The van der Waals surface area contributed by atoms with Gasteiger partial charge in [0.25, 0.3) is 0 Å². The SMILES string of the molecule is CC(C)(C)OC(=O)NCC(F)=CCOc1cccc(C(F)(F)F)c1. The Morgan fingerprint density at radius 1 is 1.25 bits per heavy atom. The summed E-state index contributed by atoms with van der Waals surface area (Å²) in [5.74, 6) is -0.734. The van der Waals surface area contributed by atoms with Crippen LogP contribution in [0.1, 0.15) is 26.3 Å². The average molecular weight is 349 g/mol. The molecule has 0 bridgehead atoms. The van der Waals surface area contributed by atoms with Crippen LogP contribution in [0.25, 0.3) is 0 Å². The van der Waals surface area contributed by atoms with Crippen LogP contribution in [-0.4, -0.2) is 24.8 Å². The van der Waals surface area contributed by atoms with Gasteiger partial charge in [0.1, 0.15) is 23.8 Å². The second-order valence-electron chi connectivity index (χ2n) is 5.84. The van der Waals surface area contributed by atoms with E-state index in [9.17, 15) is 22.4 Å². The van der Waals surface area contributed by atoms with Crippen LogP contribution < -0.4 is 10.1 Å². The molecular weight excluding hydrogens is 330 g/mol. The second-order valence-corrected chi connectivity index (χ2v) is 5.84. The summed E-state index contributed by atoms with van der Waals surface area (Å²) < 4.78 is 61.1. The molecule has 1 aromatic rings. The lowest BCUT2D eigenvalue weighted by Gasteiger charge is -2.19. The predicted molar refractivity (Wildman–Crippen MR) is 80.4 cm³/mol. The van der Waals surface area contributed by atoms with Gasteiger partial charge in [0.2, 0.25) is 0 Å². The Morgan fingerprint density at radius 2 is 1.92 bits per heavy atom. The van der Waals surface area contributed by atoms with Crippen molar-refractivity contribution in [2.24, 2.45) is 0 Å². The molecule has 1 rings (SSSR count). The van der Waals surface area contributed by atoms with Gasteiger partial charge in [-0.25, -0.2) is 9.18 Å². The van der Waals surface area contributed by atoms with Crippen LogP contribution in [0.2, 0.25) is 0 Å². The van der Waals surface area contributed by atoms with E-state index in [1.165, 1.54) is 12.1 Å². The summed E-state index contributed by atoms with van der Waals surface area (Å²) in [6, 6.07) is 4.26. The van der Waals surface area contributed by atoms with Crippen molar-refractivity contribution in [2.75, 3.05) is 13.2 Å². The molecule has 1 aromatic carbocycles. The molecule has 0 radical (unpaired) electrons. The molecule has 0 aliphatic carbocycles. The fourth-order valence-corrected chi connectivity index (χ4v) is 1.53. The monoisotopic (exact) mass is 349 g/mol. The van der Waals surface area contributed by atoms with Crippen LogP contribution in [0.3, 0.4) is 0 Å². The van der Waals surface area contributed by atoms with Gasteiger partial charge in [0.15, 0.2) is 0 Å². The zero-order chi connectivity index (χ0) is 18.4. The van der Waals surface area contributed by atoms with E-state index in [1.54, 1.807) is 20.8 Å². The lowest BCUT2D eigenvalue weighted by molar-refractivity contribution is -0.137. The number of hydrogen-bond donors (Lipinski definition) is 1. The number of benzene rings is 1. The highest BCUT2D eigenvalue weighted by Crippen LogP contribution is 2.31. The van der Waals surface area contributed by atoms with Gasteiger partial charge in [0.05, 0.1) is 12.1 Å². The largest absolute Gasteiger partial charge is 0.489 e. The molecule has 4 nitrogen and oxygen atoms in total. The lowest BCUT2D eigenvalue weighted by atomic mass is 10.2. The van der Waals surface area contributed by atoms with Gasteiger partial charge in [-0.1, -0.05) is 6.07 Å². The van der Waals surface area contributed by atoms with Crippen LogP contribution in [0, 0.1) is 0 Å². The molecule has 0 spiro atoms. The van der Waals surface area contributed by atoms with Gasteiger partial charge < -0.3 is 14.8 Å². The molecule has 0 saturated heterocycles. The van der Waals surface area contributed by atoms with Gasteiger partial charge in [-0.3, -0.25) is 0 Å². The zero-order valence-electron chi connectivity index (χ0n) is 13.5. The maximum Gasteiger partial charge on any atom is 0.416 e. The van der Waals surface area contributed by atoms with Crippen LogP contribution >= 0.6 is 0 Å². The number of rotatable bonds is 5. The van der Waals surface area contributed by atoms with E-state index in [1.807, 2.05) is 0 Å². The first-order valence-corrected chi connectivity index (χ1v) is 7.09. The van der Waals surface area contributed by atoms with Crippen molar-refractivity contribution in [3.63, 3.8) is 0 Å². The van der Waals surface area contributed by atoms with Gasteiger partial charge in [-0.05, 0) is 45.0 Å². The first-order valence-electron chi connectivity index (χ1n) is 7.09. The minimum absolute atomic E-state index is 0.0334. The standard InChI is InChI=1S/C16H19F4NO3/c1-15(2,3)24-14(22)21-10-12(17)7-8-23-13-6-4-5-11(9-13)16(18,19)20/h4-7,9H,8,10H2,1-3H3,(H,21,22). The number of alkyl halides is 3. The molecule has 8 heteroatoms. The average Bonchev–Trinajstić information content (AvgIpc) is 2.43. The van der Waals surface area contributed by atoms with Gasteiger partial charge in [-0.15, -0.1) is 0 Å². The number of alkyl carbamates (subject to hydrolysis) is 1. The molecule has 24 heavy (non-hydrogen) atoms. The van der Waals surface area contributed by atoms with E-state index in [-0.39, 0.29) is 12.4 Å². The fourth-order valence-electron chi connectivity index (χ4n) is 1.53. The third kappa shape index (κ3) is 7.85. The Kier molecular flexibility index (Phi) is 6.62.